The summed E-state index contributed by atoms with van der Waals surface area (Å²) in [5.41, 5.74) is 2.73. The molecule has 1 saturated heterocycles. The number of nitrogens with one attached hydrogen (secondary N) is 1. The average molecular weight is 276 g/mol. The molecule has 1 fully saturated rings. The van der Waals surface area contributed by atoms with Gasteiger partial charge in [0.1, 0.15) is 0 Å². The normalized spacial score (nSPS) is 18.6. The molecule has 0 bridgehead atoms. The number of aryl methyl sites for hydroxylation is 1. The fraction of sp³-hybridized carbons (Fsp3) is 0.571. The summed E-state index contributed by atoms with van der Waals surface area (Å²) in [7, 11) is 0. The van der Waals surface area contributed by atoms with E-state index in [2.05, 4.69) is 39.1 Å². The second-order valence-corrected chi connectivity index (χ2v) is 6.64. The predicted octanol–water partition coefficient (Wildman–Crippen LogP) is 2.34. The molecule has 102 valence electrons. The highest BCUT2D eigenvalue weighted by atomic mass is 32.1. The van der Waals surface area contributed by atoms with Gasteiger partial charge in [0.25, 0.3) is 0 Å². The molecule has 0 aliphatic carbocycles. The number of hydrogen-bond acceptors (Lipinski definition) is 4. The van der Waals surface area contributed by atoms with Crippen LogP contribution in [0.1, 0.15) is 36.2 Å². The molecule has 1 N–H and O–H groups in total. The lowest BCUT2D eigenvalue weighted by Crippen LogP contribution is -2.39. The molecule has 4 nitrogen and oxygen atoms in total. The molecule has 3 heterocycles. The molecular formula is C14H20N4S. The Morgan fingerprint density at radius 1 is 1.42 bits per heavy atom. The summed E-state index contributed by atoms with van der Waals surface area (Å²) in [5, 5.41) is 6.71. The Kier molecular flexibility index (Phi) is 3.41. The number of imidazole rings is 1. The van der Waals surface area contributed by atoms with Crippen LogP contribution < -0.4 is 5.32 Å². The first-order chi connectivity index (χ1) is 9.17. The maximum Gasteiger partial charge on any atom is 0.0952 e. The fourth-order valence-corrected chi connectivity index (χ4v) is 3.44. The van der Waals surface area contributed by atoms with E-state index in [4.69, 9.17) is 0 Å². The Balaban J connectivity index is 1.85. The van der Waals surface area contributed by atoms with E-state index in [1.807, 2.05) is 12.5 Å². The van der Waals surface area contributed by atoms with Gasteiger partial charge in [-0.15, -0.1) is 11.3 Å². The van der Waals surface area contributed by atoms with Crippen molar-refractivity contribution in [1.82, 2.24) is 19.9 Å². The number of nitrogens with zero attached hydrogens (tertiary/aromatic N) is 3. The molecule has 0 amide bonds. The van der Waals surface area contributed by atoms with Crippen molar-refractivity contribution < 1.29 is 0 Å². The van der Waals surface area contributed by atoms with Gasteiger partial charge in [0.15, 0.2) is 0 Å². The van der Waals surface area contributed by atoms with Gasteiger partial charge in [0.2, 0.25) is 0 Å². The third-order valence-electron chi connectivity index (χ3n) is 4.04. The van der Waals surface area contributed by atoms with Crippen molar-refractivity contribution in [3.05, 3.63) is 34.3 Å². The van der Waals surface area contributed by atoms with Crippen LogP contribution in [0.25, 0.3) is 0 Å². The zero-order valence-electron chi connectivity index (χ0n) is 11.5. The van der Waals surface area contributed by atoms with Crippen molar-refractivity contribution in [3.8, 4) is 0 Å². The van der Waals surface area contributed by atoms with E-state index in [0.29, 0.717) is 0 Å². The van der Waals surface area contributed by atoms with Gasteiger partial charge in [-0.25, -0.2) is 9.97 Å². The van der Waals surface area contributed by atoms with Gasteiger partial charge in [0.05, 0.1) is 23.6 Å². The van der Waals surface area contributed by atoms with Crippen molar-refractivity contribution in [2.75, 3.05) is 13.1 Å². The van der Waals surface area contributed by atoms with Crippen molar-refractivity contribution in [2.45, 2.75) is 38.6 Å². The van der Waals surface area contributed by atoms with Crippen LogP contribution in [0.5, 0.6) is 0 Å². The van der Waals surface area contributed by atoms with Crippen LogP contribution in [-0.4, -0.2) is 27.6 Å². The minimum atomic E-state index is 0.243. The molecule has 0 unspecified atom stereocenters. The molecule has 2 aromatic rings. The van der Waals surface area contributed by atoms with E-state index in [1.54, 1.807) is 11.3 Å². The zero-order valence-corrected chi connectivity index (χ0v) is 12.3. The summed E-state index contributed by atoms with van der Waals surface area (Å²) in [6.07, 6.45) is 6.32. The minimum absolute atomic E-state index is 0.243. The first kappa shape index (κ1) is 12.8. The number of rotatable bonds is 3. The fourth-order valence-electron chi connectivity index (χ4n) is 2.84. The highest BCUT2D eigenvalue weighted by molar-refractivity contribution is 7.09. The van der Waals surface area contributed by atoms with Crippen molar-refractivity contribution >= 4 is 11.3 Å². The van der Waals surface area contributed by atoms with Crippen LogP contribution in [0.15, 0.2) is 17.9 Å². The lowest BCUT2D eigenvalue weighted by Gasteiger charge is -2.34. The molecule has 1 aliphatic rings. The van der Waals surface area contributed by atoms with Crippen LogP contribution in [0, 0.1) is 6.92 Å². The number of piperidine rings is 1. The highest BCUT2D eigenvalue weighted by Gasteiger charge is 2.31. The second kappa shape index (κ2) is 5.06. The van der Waals surface area contributed by atoms with Gasteiger partial charge >= 0.3 is 0 Å². The Labute approximate surface area is 117 Å². The van der Waals surface area contributed by atoms with E-state index >= 15 is 0 Å². The van der Waals surface area contributed by atoms with Gasteiger partial charge in [-0.05, 0) is 32.9 Å². The van der Waals surface area contributed by atoms with Crippen molar-refractivity contribution in [1.29, 1.82) is 0 Å². The van der Waals surface area contributed by atoms with Crippen molar-refractivity contribution in [3.63, 3.8) is 0 Å². The Hall–Kier alpha value is -1.20. The summed E-state index contributed by atoms with van der Waals surface area (Å²) in [6.45, 7) is 7.43. The Bertz CT molecular complexity index is 551. The lowest BCUT2D eigenvalue weighted by molar-refractivity contribution is 0.318. The van der Waals surface area contributed by atoms with E-state index in [0.717, 1.165) is 30.3 Å². The summed E-state index contributed by atoms with van der Waals surface area (Å²) < 4.78 is 2.26. The Morgan fingerprint density at radius 3 is 2.89 bits per heavy atom. The molecule has 3 rings (SSSR count). The first-order valence-corrected chi connectivity index (χ1v) is 7.68. The molecule has 2 aromatic heterocycles. The summed E-state index contributed by atoms with van der Waals surface area (Å²) >= 11 is 1.71. The zero-order chi connectivity index (χ0) is 13.3. The third-order valence-corrected chi connectivity index (χ3v) is 4.86. The minimum Gasteiger partial charge on any atom is -0.328 e. The molecule has 0 saturated carbocycles. The largest absolute Gasteiger partial charge is 0.328 e. The van der Waals surface area contributed by atoms with Gasteiger partial charge in [0, 0.05) is 22.7 Å². The monoisotopic (exact) mass is 276 g/mol. The smallest absolute Gasteiger partial charge is 0.0952 e. The van der Waals surface area contributed by atoms with Gasteiger partial charge in [-0.2, -0.15) is 0 Å². The topological polar surface area (TPSA) is 42.7 Å². The second-order valence-electron chi connectivity index (χ2n) is 5.58. The maximum absolute atomic E-state index is 4.55. The summed E-state index contributed by atoms with van der Waals surface area (Å²) in [5.74, 6) is 0. The lowest BCUT2D eigenvalue weighted by atomic mass is 9.78. The van der Waals surface area contributed by atoms with Crippen LogP contribution >= 0.6 is 11.3 Å². The van der Waals surface area contributed by atoms with Crippen LogP contribution in [0.2, 0.25) is 0 Å². The number of hydrogen-bond donors (Lipinski definition) is 1. The number of aromatic nitrogens is 3. The van der Waals surface area contributed by atoms with Crippen LogP contribution in [0.4, 0.5) is 0 Å². The maximum atomic E-state index is 4.55. The first-order valence-electron chi connectivity index (χ1n) is 6.80. The molecule has 19 heavy (non-hydrogen) atoms. The van der Waals surface area contributed by atoms with E-state index in [9.17, 15) is 0 Å². The summed E-state index contributed by atoms with van der Waals surface area (Å²) in [6, 6.07) is 0. The van der Waals surface area contributed by atoms with E-state index in [1.165, 1.54) is 18.5 Å². The quantitative estimate of drug-likeness (QED) is 0.935. The SMILES string of the molecule is Cc1nc(Cn2cncc2C2(C)CCNCC2)cs1. The molecular weight excluding hydrogens is 256 g/mol. The predicted molar refractivity (Wildman–Crippen MR) is 77.6 cm³/mol. The molecule has 0 spiro atoms. The van der Waals surface area contributed by atoms with Crippen LogP contribution in [0.3, 0.4) is 0 Å². The highest BCUT2D eigenvalue weighted by Crippen LogP contribution is 2.32. The Morgan fingerprint density at radius 2 is 2.21 bits per heavy atom. The van der Waals surface area contributed by atoms with Crippen LogP contribution in [-0.2, 0) is 12.0 Å². The summed E-state index contributed by atoms with van der Waals surface area (Å²) in [4.78, 5) is 8.92. The third kappa shape index (κ3) is 2.58. The van der Waals surface area contributed by atoms with Gasteiger partial charge in [-0.3, -0.25) is 0 Å². The van der Waals surface area contributed by atoms with E-state index in [-0.39, 0.29) is 5.41 Å². The molecule has 1 aliphatic heterocycles. The van der Waals surface area contributed by atoms with E-state index < -0.39 is 0 Å². The van der Waals surface area contributed by atoms with Gasteiger partial charge < -0.3 is 9.88 Å². The van der Waals surface area contributed by atoms with Crippen molar-refractivity contribution in [2.24, 2.45) is 0 Å². The molecule has 0 atom stereocenters. The standard InChI is InChI=1S/C14H20N4S/c1-11-17-12(9-19-11)8-18-10-16-7-13(18)14(2)3-5-15-6-4-14/h7,9-10,15H,3-6,8H2,1-2H3. The molecule has 0 aromatic carbocycles. The molecule has 0 radical (unpaired) electrons. The number of thiazole rings is 1. The average Bonchev–Trinajstić information content (AvgIpc) is 3.00. The van der Waals surface area contributed by atoms with Gasteiger partial charge in [-0.1, -0.05) is 6.92 Å². The molecule has 5 heteroatoms.